The lowest BCUT2D eigenvalue weighted by molar-refractivity contribution is 0.0608. The summed E-state index contributed by atoms with van der Waals surface area (Å²) in [5, 5.41) is 7.00. The molecule has 34 heavy (non-hydrogen) atoms. The molecule has 3 aromatic carbocycles. The molecule has 0 saturated heterocycles. The van der Waals surface area contributed by atoms with Gasteiger partial charge in [0.1, 0.15) is 17.3 Å². The number of carbonyl (C=O) groups is 1. The van der Waals surface area contributed by atoms with Crippen LogP contribution in [0.1, 0.15) is 17.5 Å². The molecule has 0 spiro atoms. The second kappa shape index (κ2) is 10.7. The van der Waals surface area contributed by atoms with Crippen LogP contribution in [-0.4, -0.2) is 43.5 Å². The second-order valence-corrected chi connectivity index (χ2v) is 7.81. The Labute approximate surface area is 197 Å². The van der Waals surface area contributed by atoms with Gasteiger partial charge in [0.25, 0.3) is 0 Å². The smallest absolute Gasteiger partial charge is 0.322 e. The van der Waals surface area contributed by atoms with Crippen molar-refractivity contribution in [1.29, 1.82) is 0 Å². The average Bonchev–Trinajstić information content (AvgIpc) is 3.33. The minimum absolute atomic E-state index is 0.265. The van der Waals surface area contributed by atoms with Crippen LogP contribution in [0.3, 0.4) is 0 Å². The highest BCUT2D eigenvalue weighted by Crippen LogP contribution is 2.29. The summed E-state index contributed by atoms with van der Waals surface area (Å²) in [5.74, 6) is 0.749. The molecule has 176 valence electrons. The summed E-state index contributed by atoms with van der Waals surface area (Å²) in [6, 6.07) is 21.0. The number of rotatable bonds is 8. The summed E-state index contributed by atoms with van der Waals surface area (Å²) >= 11 is 0. The predicted octanol–water partition coefficient (Wildman–Crippen LogP) is 5.07. The number of halogens is 1. The molecule has 0 saturated carbocycles. The first-order valence-corrected chi connectivity index (χ1v) is 10.9. The van der Waals surface area contributed by atoms with E-state index in [2.05, 4.69) is 10.5 Å². The van der Waals surface area contributed by atoms with Crippen LogP contribution in [-0.2, 0) is 11.4 Å². The van der Waals surface area contributed by atoms with Gasteiger partial charge in [-0.25, -0.2) is 9.18 Å². The number of urea groups is 1. The van der Waals surface area contributed by atoms with Crippen molar-refractivity contribution in [1.82, 2.24) is 4.90 Å². The second-order valence-electron chi connectivity index (χ2n) is 7.81. The van der Waals surface area contributed by atoms with Crippen LogP contribution < -0.4 is 14.8 Å². The molecule has 0 radical (unpaired) electrons. The zero-order valence-corrected chi connectivity index (χ0v) is 19.0. The zero-order chi connectivity index (χ0) is 23.9. The molecule has 0 bridgehead atoms. The van der Waals surface area contributed by atoms with Gasteiger partial charge in [0.05, 0.1) is 32.2 Å². The number of nitrogens with zero attached hydrogens (tertiary/aromatic N) is 2. The molecule has 1 aliphatic heterocycles. The number of carbonyl (C=O) groups excluding carboxylic acids is 1. The van der Waals surface area contributed by atoms with Crippen molar-refractivity contribution in [2.75, 3.05) is 26.1 Å². The van der Waals surface area contributed by atoms with Gasteiger partial charge < -0.3 is 24.5 Å². The number of nitrogens with one attached hydrogen (secondary N) is 1. The molecule has 1 aliphatic rings. The van der Waals surface area contributed by atoms with Crippen LogP contribution in [0.25, 0.3) is 0 Å². The van der Waals surface area contributed by atoms with Crippen molar-refractivity contribution < 1.29 is 23.5 Å². The Hall–Kier alpha value is -4.07. The van der Waals surface area contributed by atoms with Crippen LogP contribution in [0.2, 0.25) is 0 Å². The molecule has 7 nitrogen and oxygen atoms in total. The quantitative estimate of drug-likeness (QED) is 0.506. The molecule has 2 amide bonds. The molecular formula is C26H26FN3O4. The lowest BCUT2D eigenvalue weighted by Crippen LogP contribution is -2.40. The van der Waals surface area contributed by atoms with E-state index in [1.54, 1.807) is 48.4 Å². The number of ether oxygens (including phenoxy) is 2. The normalized spacial score (nSPS) is 14.7. The first-order valence-electron chi connectivity index (χ1n) is 10.9. The van der Waals surface area contributed by atoms with Crippen molar-refractivity contribution in [3.05, 3.63) is 89.7 Å². The highest BCUT2D eigenvalue weighted by atomic mass is 19.1. The van der Waals surface area contributed by atoms with Gasteiger partial charge in [-0.1, -0.05) is 53.7 Å². The third-order valence-electron chi connectivity index (χ3n) is 5.50. The Morgan fingerprint density at radius 1 is 1.09 bits per heavy atom. The molecule has 1 unspecified atom stereocenters. The van der Waals surface area contributed by atoms with Crippen LogP contribution in [0, 0.1) is 5.82 Å². The Kier molecular flexibility index (Phi) is 7.27. The zero-order valence-electron chi connectivity index (χ0n) is 19.0. The average molecular weight is 464 g/mol. The topological polar surface area (TPSA) is 72.4 Å². The van der Waals surface area contributed by atoms with Crippen LogP contribution >= 0.6 is 0 Å². The Morgan fingerprint density at radius 3 is 2.59 bits per heavy atom. The van der Waals surface area contributed by atoms with E-state index >= 15 is 0 Å². The summed E-state index contributed by atoms with van der Waals surface area (Å²) < 4.78 is 24.8. The molecule has 3 aromatic rings. The van der Waals surface area contributed by atoms with Gasteiger partial charge in [-0.15, -0.1) is 0 Å². The van der Waals surface area contributed by atoms with E-state index in [0.29, 0.717) is 41.4 Å². The van der Waals surface area contributed by atoms with Crippen molar-refractivity contribution >= 4 is 17.4 Å². The monoisotopic (exact) mass is 463 g/mol. The number of methoxy groups -OCH3 is 2. The lowest BCUT2D eigenvalue weighted by Gasteiger charge is -2.25. The third-order valence-corrected chi connectivity index (χ3v) is 5.50. The van der Waals surface area contributed by atoms with Gasteiger partial charge >= 0.3 is 6.03 Å². The van der Waals surface area contributed by atoms with E-state index in [0.717, 1.165) is 5.56 Å². The number of amides is 2. The summed E-state index contributed by atoms with van der Waals surface area (Å²) in [7, 11) is 3.09. The van der Waals surface area contributed by atoms with Gasteiger partial charge in [0.15, 0.2) is 6.10 Å². The fourth-order valence-electron chi connectivity index (χ4n) is 3.75. The van der Waals surface area contributed by atoms with E-state index in [1.807, 2.05) is 30.3 Å². The molecule has 1 atom stereocenters. The third kappa shape index (κ3) is 5.46. The van der Waals surface area contributed by atoms with Gasteiger partial charge in [0, 0.05) is 24.6 Å². The SMILES string of the molecule is COc1ccc(NC(=O)N(Cc2ccccc2)CC2CC(c3ccccc3F)=NO2)c(OC)c1. The number of hydrogen-bond acceptors (Lipinski definition) is 5. The maximum absolute atomic E-state index is 14.2. The predicted molar refractivity (Wildman–Crippen MR) is 128 cm³/mol. The van der Waals surface area contributed by atoms with Crippen LogP contribution in [0.4, 0.5) is 14.9 Å². The number of oxime groups is 1. The van der Waals surface area contributed by atoms with Crippen molar-refractivity contribution in [3.63, 3.8) is 0 Å². The van der Waals surface area contributed by atoms with Crippen LogP contribution in [0.15, 0.2) is 78.0 Å². The standard InChI is InChI=1S/C26H26FN3O4/c1-32-19-12-13-23(25(15-19)33-2)28-26(31)30(16-18-8-4-3-5-9-18)17-20-14-24(29-34-20)21-10-6-7-11-22(21)27/h3-13,15,20H,14,16-17H2,1-2H3,(H,28,31). The fourth-order valence-corrected chi connectivity index (χ4v) is 3.75. The van der Waals surface area contributed by atoms with Gasteiger partial charge in [-0.05, 0) is 23.8 Å². The largest absolute Gasteiger partial charge is 0.497 e. The summed E-state index contributed by atoms with van der Waals surface area (Å²) in [6.07, 6.45) is -0.00688. The van der Waals surface area contributed by atoms with Crippen molar-refractivity contribution in [2.45, 2.75) is 19.1 Å². The maximum Gasteiger partial charge on any atom is 0.322 e. The molecule has 8 heteroatoms. The van der Waals surface area contributed by atoms with E-state index in [9.17, 15) is 9.18 Å². The van der Waals surface area contributed by atoms with Crippen molar-refractivity contribution in [2.24, 2.45) is 5.16 Å². The molecule has 1 N–H and O–H groups in total. The maximum atomic E-state index is 14.2. The van der Waals surface area contributed by atoms with Crippen molar-refractivity contribution in [3.8, 4) is 11.5 Å². The van der Waals surface area contributed by atoms with E-state index in [1.165, 1.54) is 13.2 Å². The summed E-state index contributed by atoms with van der Waals surface area (Å²) in [6.45, 7) is 0.626. The molecule has 4 rings (SSSR count). The van der Waals surface area contributed by atoms with Gasteiger partial charge in [0.2, 0.25) is 0 Å². The Bertz CT molecular complexity index is 1170. The molecule has 0 aromatic heterocycles. The van der Waals surface area contributed by atoms with Crippen LogP contribution in [0.5, 0.6) is 11.5 Å². The molecule has 0 fully saturated rings. The fraction of sp³-hybridized carbons (Fsp3) is 0.231. The lowest BCUT2D eigenvalue weighted by atomic mass is 10.0. The summed E-state index contributed by atoms with van der Waals surface area (Å²) in [4.78, 5) is 20.5. The highest BCUT2D eigenvalue weighted by Gasteiger charge is 2.28. The van der Waals surface area contributed by atoms with Gasteiger partial charge in [-0.2, -0.15) is 0 Å². The molecule has 0 aliphatic carbocycles. The number of anilines is 1. The minimum Gasteiger partial charge on any atom is -0.497 e. The number of hydrogen-bond donors (Lipinski definition) is 1. The first-order chi connectivity index (χ1) is 16.6. The Morgan fingerprint density at radius 2 is 1.85 bits per heavy atom. The Balaban J connectivity index is 1.50. The first kappa shape index (κ1) is 23.1. The minimum atomic E-state index is -0.401. The van der Waals surface area contributed by atoms with Gasteiger partial charge in [-0.3, -0.25) is 0 Å². The molecule has 1 heterocycles. The van der Waals surface area contributed by atoms with E-state index < -0.39 is 6.10 Å². The van der Waals surface area contributed by atoms with E-state index in [4.69, 9.17) is 14.3 Å². The number of benzene rings is 3. The van der Waals surface area contributed by atoms with E-state index in [-0.39, 0.29) is 18.4 Å². The molecular weight excluding hydrogens is 437 g/mol. The summed E-state index contributed by atoms with van der Waals surface area (Å²) in [5.41, 5.74) is 2.42. The highest BCUT2D eigenvalue weighted by molar-refractivity contribution is 6.01.